The summed E-state index contributed by atoms with van der Waals surface area (Å²) in [6.07, 6.45) is 5.21. The Balaban J connectivity index is 1.53. The molecule has 0 spiro atoms. The molecule has 0 saturated heterocycles. The van der Waals surface area contributed by atoms with E-state index in [4.69, 9.17) is 4.42 Å². The van der Waals surface area contributed by atoms with Crippen LogP contribution in [0.5, 0.6) is 0 Å². The Labute approximate surface area is 215 Å². The van der Waals surface area contributed by atoms with Gasteiger partial charge in [0.15, 0.2) is 11.1 Å². The Morgan fingerprint density at radius 2 is 1.70 bits per heavy atom. The van der Waals surface area contributed by atoms with E-state index in [9.17, 15) is 14.0 Å². The summed E-state index contributed by atoms with van der Waals surface area (Å²) in [5.41, 5.74) is 1.90. The van der Waals surface area contributed by atoms with Crippen LogP contribution in [0.2, 0.25) is 0 Å². The van der Waals surface area contributed by atoms with Crippen LogP contribution in [-0.4, -0.2) is 27.3 Å². The summed E-state index contributed by atoms with van der Waals surface area (Å²) in [7, 11) is 0. The van der Waals surface area contributed by atoms with Gasteiger partial charge in [0.2, 0.25) is 0 Å². The second-order valence-corrected chi connectivity index (χ2v) is 10.1. The SMILES string of the molecule is O=C1c2cc3oc(CF)cc3n2CC(C(=O)NC2CCCCC2)(c2ccccc2)N1Cc1ccccc1. The van der Waals surface area contributed by atoms with Crippen molar-refractivity contribution in [2.75, 3.05) is 0 Å². The molecule has 2 aromatic carbocycles. The Hall–Kier alpha value is -3.87. The minimum Gasteiger partial charge on any atom is -0.457 e. The number of hydrogen-bond donors (Lipinski definition) is 1. The van der Waals surface area contributed by atoms with E-state index >= 15 is 0 Å². The summed E-state index contributed by atoms with van der Waals surface area (Å²) in [4.78, 5) is 30.4. The fourth-order valence-electron chi connectivity index (χ4n) is 5.94. The van der Waals surface area contributed by atoms with Crippen LogP contribution in [-0.2, 0) is 30.1 Å². The second kappa shape index (κ2) is 9.54. The molecule has 2 amide bonds. The molecule has 1 atom stereocenters. The van der Waals surface area contributed by atoms with Gasteiger partial charge in [-0.1, -0.05) is 79.9 Å². The predicted molar refractivity (Wildman–Crippen MR) is 138 cm³/mol. The molecule has 3 heterocycles. The lowest BCUT2D eigenvalue weighted by molar-refractivity contribution is -0.136. The lowest BCUT2D eigenvalue weighted by Crippen LogP contribution is -2.64. The lowest BCUT2D eigenvalue weighted by Gasteiger charge is -2.47. The summed E-state index contributed by atoms with van der Waals surface area (Å²) in [6.45, 7) is -0.253. The van der Waals surface area contributed by atoms with Crippen LogP contribution in [0.3, 0.4) is 0 Å². The molecule has 2 aromatic heterocycles. The number of alkyl halides is 1. The predicted octanol–water partition coefficient (Wildman–Crippen LogP) is 5.70. The lowest BCUT2D eigenvalue weighted by atomic mass is 9.83. The van der Waals surface area contributed by atoms with E-state index in [1.165, 1.54) is 6.42 Å². The van der Waals surface area contributed by atoms with Crippen molar-refractivity contribution in [3.05, 3.63) is 95.4 Å². The van der Waals surface area contributed by atoms with Crippen LogP contribution < -0.4 is 5.32 Å². The second-order valence-electron chi connectivity index (χ2n) is 10.1. The van der Waals surface area contributed by atoms with Gasteiger partial charge < -0.3 is 19.2 Å². The van der Waals surface area contributed by atoms with Crippen LogP contribution in [0.4, 0.5) is 4.39 Å². The van der Waals surface area contributed by atoms with E-state index in [0.29, 0.717) is 16.8 Å². The summed E-state index contributed by atoms with van der Waals surface area (Å²) in [5.74, 6) is -0.237. The molecule has 1 aliphatic heterocycles. The Morgan fingerprint density at radius 3 is 2.41 bits per heavy atom. The van der Waals surface area contributed by atoms with Crippen molar-refractivity contribution in [1.29, 1.82) is 0 Å². The highest BCUT2D eigenvalue weighted by Crippen LogP contribution is 2.41. The van der Waals surface area contributed by atoms with E-state index in [0.717, 1.165) is 36.8 Å². The van der Waals surface area contributed by atoms with Crippen molar-refractivity contribution in [3.8, 4) is 0 Å². The third kappa shape index (κ3) is 4.02. The number of furan rings is 1. The third-order valence-corrected chi connectivity index (χ3v) is 7.84. The quantitative estimate of drug-likeness (QED) is 0.370. The van der Waals surface area contributed by atoms with Gasteiger partial charge in [-0.05, 0) is 24.0 Å². The standard InChI is InChI=1S/C30H30FN3O3/c31-18-24-16-25-27(37-24)17-26-28(35)34(19-21-10-4-1-5-11-21)30(20-33(25)26,22-12-6-2-7-13-22)29(36)32-23-14-8-3-9-15-23/h1-2,4-7,10-13,16-17,23H,3,8-9,14-15,18-20H2,(H,32,36). The van der Waals surface area contributed by atoms with Crippen molar-refractivity contribution in [1.82, 2.24) is 14.8 Å². The van der Waals surface area contributed by atoms with Crippen LogP contribution in [0.25, 0.3) is 11.1 Å². The molecular formula is C30H30FN3O3. The van der Waals surface area contributed by atoms with Crippen molar-refractivity contribution < 1.29 is 18.4 Å². The van der Waals surface area contributed by atoms with Crippen LogP contribution in [0.1, 0.15) is 59.5 Å². The minimum absolute atomic E-state index is 0.0775. The van der Waals surface area contributed by atoms with E-state index in [2.05, 4.69) is 5.32 Å². The van der Waals surface area contributed by atoms with Gasteiger partial charge in [0.1, 0.15) is 18.1 Å². The number of hydrogen-bond acceptors (Lipinski definition) is 3. The molecule has 0 radical (unpaired) electrons. The molecule has 4 aromatic rings. The fourth-order valence-corrected chi connectivity index (χ4v) is 5.94. The van der Waals surface area contributed by atoms with Gasteiger partial charge in [0.05, 0.1) is 12.1 Å². The molecule has 6 nitrogen and oxygen atoms in total. The van der Waals surface area contributed by atoms with Crippen molar-refractivity contribution in [2.45, 2.75) is 63.4 Å². The smallest absolute Gasteiger partial charge is 0.272 e. The normalized spacial score (nSPS) is 20.2. The summed E-state index contributed by atoms with van der Waals surface area (Å²) < 4.78 is 20.9. The molecule has 1 fully saturated rings. The molecule has 0 bridgehead atoms. The zero-order chi connectivity index (χ0) is 25.4. The maximum atomic E-state index is 14.5. The largest absolute Gasteiger partial charge is 0.457 e. The number of carbonyl (C=O) groups excluding carboxylic acids is 2. The first-order valence-electron chi connectivity index (χ1n) is 13.0. The van der Waals surface area contributed by atoms with Gasteiger partial charge in [-0.3, -0.25) is 9.59 Å². The first-order chi connectivity index (χ1) is 18.1. The minimum atomic E-state index is -1.29. The summed E-state index contributed by atoms with van der Waals surface area (Å²) >= 11 is 0. The molecule has 7 heteroatoms. The molecule has 37 heavy (non-hydrogen) atoms. The van der Waals surface area contributed by atoms with Crippen molar-refractivity contribution >= 4 is 22.9 Å². The van der Waals surface area contributed by atoms with Gasteiger partial charge in [0.25, 0.3) is 11.8 Å². The maximum absolute atomic E-state index is 14.5. The topological polar surface area (TPSA) is 67.5 Å². The maximum Gasteiger partial charge on any atom is 0.272 e. The zero-order valence-electron chi connectivity index (χ0n) is 20.7. The number of nitrogens with one attached hydrogen (secondary N) is 1. The molecule has 1 unspecified atom stereocenters. The Bertz CT molecular complexity index is 1420. The number of amides is 2. The highest BCUT2D eigenvalue weighted by atomic mass is 19.1. The van der Waals surface area contributed by atoms with E-state index in [1.54, 1.807) is 17.0 Å². The average molecular weight is 500 g/mol. The number of benzene rings is 2. The summed E-state index contributed by atoms with van der Waals surface area (Å²) in [6, 6.07) is 22.7. The van der Waals surface area contributed by atoms with Crippen LogP contribution in [0, 0.1) is 0 Å². The number of nitrogens with zero attached hydrogens (tertiary/aromatic N) is 2. The highest BCUT2D eigenvalue weighted by molar-refractivity contribution is 6.03. The van der Waals surface area contributed by atoms with Crippen molar-refractivity contribution in [3.63, 3.8) is 0 Å². The fraction of sp³-hybridized carbons (Fsp3) is 0.333. The van der Waals surface area contributed by atoms with Crippen LogP contribution in [0.15, 0.2) is 77.2 Å². The number of fused-ring (bicyclic) bond motifs is 3. The van der Waals surface area contributed by atoms with Gasteiger partial charge in [-0.15, -0.1) is 0 Å². The van der Waals surface area contributed by atoms with Gasteiger partial charge in [-0.25, -0.2) is 4.39 Å². The molecule has 1 saturated carbocycles. The molecule has 1 aliphatic carbocycles. The molecular weight excluding hydrogens is 469 g/mol. The molecule has 190 valence electrons. The Morgan fingerprint density at radius 1 is 1.00 bits per heavy atom. The average Bonchev–Trinajstić information content (AvgIpc) is 3.50. The van der Waals surface area contributed by atoms with Gasteiger partial charge in [-0.2, -0.15) is 0 Å². The van der Waals surface area contributed by atoms with E-state index < -0.39 is 12.2 Å². The first-order valence-corrected chi connectivity index (χ1v) is 13.0. The van der Waals surface area contributed by atoms with Crippen LogP contribution >= 0.6 is 0 Å². The van der Waals surface area contributed by atoms with E-state index in [-0.39, 0.29) is 36.7 Å². The number of carbonyl (C=O) groups is 2. The molecule has 2 aliphatic rings. The third-order valence-electron chi connectivity index (χ3n) is 7.84. The van der Waals surface area contributed by atoms with Crippen molar-refractivity contribution in [2.24, 2.45) is 0 Å². The number of rotatable bonds is 6. The molecule has 1 N–H and O–H groups in total. The highest BCUT2D eigenvalue weighted by Gasteiger charge is 2.53. The van der Waals surface area contributed by atoms with Gasteiger partial charge in [0, 0.05) is 24.7 Å². The van der Waals surface area contributed by atoms with Gasteiger partial charge >= 0.3 is 0 Å². The number of halogens is 1. The Kier molecular flexibility index (Phi) is 6.07. The monoisotopic (exact) mass is 499 g/mol. The van der Waals surface area contributed by atoms with E-state index in [1.807, 2.05) is 65.2 Å². The first kappa shape index (κ1) is 23.5. The number of aromatic nitrogens is 1. The summed E-state index contributed by atoms with van der Waals surface area (Å²) in [5, 5.41) is 3.32. The molecule has 6 rings (SSSR count). The zero-order valence-corrected chi connectivity index (χ0v) is 20.7.